The number of rotatable bonds is 4. The first-order chi connectivity index (χ1) is 9.86. The molecule has 0 bridgehead atoms. The molecule has 7 heteroatoms. The molecule has 1 saturated heterocycles. The quantitative estimate of drug-likeness (QED) is 0.852. The second kappa shape index (κ2) is 6.89. The van der Waals surface area contributed by atoms with E-state index >= 15 is 0 Å². The van der Waals surface area contributed by atoms with E-state index in [2.05, 4.69) is 15.9 Å². The van der Waals surface area contributed by atoms with Crippen LogP contribution in [0.3, 0.4) is 0 Å². The molecule has 0 amide bonds. The van der Waals surface area contributed by atoms with E-state index in [-0.39, 0.29) is 11.8 Å². The van der Waals surface area contributed by atoms with Crippen molar-refractivity contribution >= 4 is 43.2 Å². The standard InChI is InChI=1S/C14H21BrN2O2S2/c1-3-21(18,19)14-9-20-7-6-17(14)13-5-4-11(15)8-12(13)10(2)16/h4-5,8,10,14H,3,6-7,9,16H2,1-2H3. The maximum absolute atomic E-state index is 12.4. The van der Waals surface area contributed by atoms with Crippen LogP contribution in [0.1, 0.15) is 25.5 Å². The molecule has 1 heterocycles. The monoisotopic (exact) mass is 392 g/mol. The Hall–Kier alpha value is -0.240. The summed E-state index contributed by atoms with van der Waals surface area (Å²) in [4.78, 5) is 2.01. The molecule has 2 atom stereocenters. The van der Waals surface area contributed by atoms with E-state index in [9.17, 15) is 8.42 Å². The van der Waals surface area contributed by atoms with Gasteiger partial charge >= 0.3 is 0 Å². The first kappa shape index (κ1) is 17.1. The predicted molar refractivity (Wildman–Crippen MR) is 94.7 cm³/mol. The third kappa shape index (κ3) is 3.75. The number of thioether (sulfide) groups is 1. The zero-order valence-electron chi connectivity index (χ0n) is 12.3. The smallest absolute Gasteiger partial charge is 0.171 e. The lowest BCUT2D eigenvalue weighted by Gasteiger charge is -2.38. The molecule has 21 heavy (non-hydrogen) atoms. The largest absolute Gasteiger partial charge is 0.353 e. The van der Waals surface area contributed by atoms with Crippen molar-refractivity contribution in [2.45, 2.75) is 25.3 Å². The number of sulfone groups is 1. The number of hydrogen-bond donors (Lipinski definition) is 1. The van der Waals surface area contributed by atoms with Gasteiger partial charge in [-0.2, -0.15) is 11.8 Å². The zero-order valence-corrected chi connectivity index (χ0v) is 15.5. The van der Waals surface area contributed by atoms with Crippen molar-refractivity contribution in [1.29, 1.82) is 0 Å². The normalized spacial score (nSPS) is 21.3. The third-order valence-corrected chi connectivity index (χ3v) is 7.47. The van der Waals surface area contributed by atoms with Gasteiger partial charge in [-0.3, -0.25) is 0 Å². The van der Waals surface area contributed by atoms with Crippen molar-refractivity contribution in [1.82, 2.24) is 0 Å². The number of benzene rings is 1. The van der Waals surface area contributed by atoms with Gasteiger partial charge in [-0.1, -0.05) is 22.9 Å². The van der Waals surface area contributed by atoms with Crippen LogP contribution in [-0.4, -0.2) is 37.6 Å². The molecule has 1 fully saturated rings. The summed E-state index contributed by atoms with van der Waals surface area (Å²) in [5.41, 5.74) is 7.99. The lowest BCUT2D eigenvalue weighted by atomic mass is 10.1. The van der Waals surface area contributed by atoms with Gasteiger partial charge in [0.05, 0.1) is 0 Å². The summed E-state index contributed by atoms with van der Waals surface area (Å²) in [6.07, 6.45) is 0. The van der Waals surface area contributed by atoms with Gasteiger partial charge in [-0.15, -0.1) is 0 Å². The van der Waals surface area contributed by atoms with E-state index in [1.807, 2.05) is 30.0 Å². The highest BCUT2D eigenvalue weighted by molar-refractivity contribution is 9.10. The molecule has 0 aromatic heterocycles. The van der Waals surface area contributed by atoms with E-state index in [1.165, 1.54) is 0 Å². The molecular formula is C14H21BrN2O2S2. The maximum atomic E-state index is 12.4. The highest BCUT2D eigenvalue weighted by Crippen LogP contribution is 2.34. The summed E-state index contributed by atoms with van der Waals surface area (Å²) in [7, 11) is -3.12. The first-order valence-electron chi connectivity index (χ1n) is 6.97. The topological polar surface area (TPSA) is 63.4 Å². The van der Waals surface area contributed by atoms with Gasteiger partial charge in [0.25, 0.3) is 0 Å². The fraction of sp³-hybridized carbons (Fsp3) is 0.571. The average Bonchev–Trinajstić information content (AvgIpc) is 2.47. The van der Waals surface area contributed by atoms with E-state index in [1.54, 1.807) is 18.7 Å². The Morgan fingerprint density at radius 2 is 2.24 bits per heavy atom. The highest BCUT2D eigenvalue weighted by Gasteiger charge is 2.34. The van der Waals surface area contributed by atoms with Crippen molar-refractivity contribution in [2.24, 2.45) is 5.73 Å². The first-order valence-corrected chi connectivity index (χ1v) is 10.6. The van der Waals surface area contributed by atoms with E-state index in [0.717, 1.165) is 28.0 Å². The molecule has 4 nitrogen and oxygen atoms in total. The molecule has 0 saturated carbocycles. The molecule has 1 aliphatic heterocycles. The van der Waals surface area contributed by atoms with Crippen LogP contribution < -0.4 is 10.6 Å². The minimum atomic E-state index is -3.12. The highest BCUT2D eigenvalue weighted by atomic mass is 79.9. The molecule has 2 unspecified atom stereocenters. The van der Waals surface area contributed by atoms with Crippen LogP contribution in [0.15, 0.2) is 22.7 Å². The fourth-order valence-corrected chi connectivity index (χ4v) is 5.86. The van der Waals surface area contributed by atoms with E-state index in [4.69, 9.17) is 5.73 Å². The minimum Gasteiger partial charge on any atom is -0.353 e. The molecule has 2 rings (SSSR count). The van der Waals surface area contributed by atoms with Crippen LogP contribution in [-0.2, 0) is 9.84 Å². The van der Waals surface area contributed by atoms with Gasteiger partial charge in [0.15, 0.2) is 9.84 Å². The molecule has 1 aromatic carbocycles. The third-order valence-electron chi connectivity index (χ3n) is 3.69. The van der Waals surface area contributed by atoms with Crippen molar-refractivity contribution in [3.63, 3.8) is 0 Å². The van der Waals surface area contributed by atoms with Crippen LogP contribution in [0.25, 0.3) is 0 Å². The predicted octanol–water partition coefficient (Wildman–Crippen LogP) is 2.78. The molecule has 1 aromatic rings. The summed E-state index contributed by atoms with van der Waals surface area (Å²) in [5.74, 6) is 1.72. The van der Waals surface area contributed by atoms with E-state index < -0.39 is 15.2 Å². The van der Waals surface area contributed by atoms with Crippen LogP contribution in [0.2, 0.25) is 0 Å². The minimum absolute atomic E-state index is 0.142. The molecule has 0 aliphatic carbocycles. The molecule has 118 valence electrons. The molecule has 0 spiro atoms. The second-order valence-electron chi connectivity index (χ2n) is 5.17. The SMILES string of the molecule is CCS(=O)(=O)C1CSCCN1c1ccc(Br)cc1C(C)N. The van der Waals surface area contributed by atoms with Crippen molar-refractivity contribution in [3.8, 4) is 0 Å². The van der Waals surface area contributed by atoms with Gasteiger partial charge in [0, 0.05) is 40.0 Å². The number of halogens is 1. The average molecular weight is 393 g/mol. The Labute approximate surface area is 139 Å². The summed E-state index contributed by atoms with van der Waals surface area (Å²) in [5, 5.41) is -0.458. The van der Waals surface area contributed by atoms with Gasteiger partial charge < -0.3 is 10.6 Å². The summed E-state index contributed by atoms with van der Waals surface area (Å²) < 4.78 is 25.7. The van der Waals surface area contributed by atoms with Crippen molar-refractivity contribution in [3.05, 3.63) is 28.2 Å². The van der Waals surface area contributed by atoms with Gasteiger partial charge in [-0.25, -0.2) is 8.42 Å². The molecule has 1 aliphatic rings. The second-order valence-corrected chi connectivity index (χ2v) is 9.68. The fourth-order valence-electron chi connectivity index (χ4n) is 2.50. The van der Waals surface area contributed by atoms with Gasteiger partial charge in [0.1, 0.15) is 5.37 Å². The Balaban J connectivity index is 2.47. The number of nitrogens with two attached hydrogens (primary N) is 1. The van der Waals surface area contributed by atoms with Gasteiger partial charge in [-0.05, 0) is 30.7 Å². The Morgan fingerprint density at radius 1 is 1.52 bits per heavy atom. The number of anilines is 1. The van der Waals surface area contributed by atoms with Gasteiger partial charge in [0.2, 0.25) is 0 Å². The molecule has 0 radical (unpaired) electrons. The Bertz CT molecular complexity index is 605. The number of nitrogens with zero attached hydrogens (tertiary/aromatic N) is 1. The summed E-state index contributed by atoms with van der Waals surface area (Å²) in [6, 6.07) is 5.75. The van der Waals surface area contributed by atoms with Crippen LogP contribution in [0.4, 0.5) is 5.69 Å². The van der Waals surface area contributed by atoms with Crippen molar-refractivity contribution in [2.75, 3.05) is 28.7 Å². The maximum Gasteiger partial charge on any atom is 0.171 e. The van der Waals surface area contributed by atoms with E-state index in [0.29, 0.717) is 5.75 Å². The van der Waals surface area contributed by atoms with Crippen molar-refractivity contribution < 1.29 is 8.42 Å². The molecule has 2 N–H and O–H groups in total. The van der Waals surface area contributed by atoms with Crippen LogP contribution in [0.5, 0.6) is 0 Å². The summed E-state index contributed by atoms with van der Waals surface area (Å²) in [6.45, 7) is 4.37. The molecular weight excluding hydrogens is 372 g/mol. The summed E-state index contributed by atoms with van der Waals surface area (Å²) >= 11 is 5.16. The number of hydrogen-bond acceptors (Lipinski definition) is 5. The lowest BCUT2D eigenvalue weighted by Crippen LogP contribution is -2.48. The zero-order chi connectivity index (χ0) is 15.6. The Kier molecular flexibility index (Phi) is 5.62. The van der Waals surface area contributed by atoms with Crippen LogP contribution in [0, 0.1) is 0 Å². The lowest BCUT2D eigenvalue weighted by molar-refractivity contribution is 0.579. The Morgan fingerprint density at radius 3 is 2.86 bits per heavy atom. The van der Waals surface area contributed by atoms with Crippen LogP contribution >= 0.6 is 27.7 Å².